The predicted molar refractivity (Wildman–Crippen MR) is 88.3 cm³/mol. The van der Waals surface area contributed by atoms with E-state index in [1.807, 2.05) is 32.0 Å². The lowest BCUT2D eigenvalue weighted by atomic mass is 10.0. The molecule has 0 bridgehead atoms. The Morgan fingerprint density at radius 2 is 1.96 bits per heavy atom. The maximum atomic E-state index is 11.8. The van der Waals surface area contributed by atoms with Crippen molar-refractivity contribution in [3.63, 3.8) is 0 Å². The zero-order valence-electron chi connectivity index (χ0n) is 14.1. The largest absolute Gasteiger partial charge is 0.483 e. The number of rotatable bonds is 8. The minimum Gasteiger partial charge on any atom is -0.483 e. The van der Waals surface area contributed by atoms with Crippen molar-refractivity contribution in [1.29, 1.82) is 0 Å². The summed E-state index contributed by atoms with van der Waals surface area (Å²) in [5.41, 5.74) is 3.86. The molecule has 0 aliphatic heterocycles. The number of aryl methyl sites for hydroxylation is 1. The molecule has 0 radical (unpaired) electrons. The molecule has 0 heterocycles. The topological polar surface area (TPSA) is 77.0 Å². The smallest absolute Gasteiger partial charge is 0.314 e. The van der Waals surface area contributed by atoms with Crippen molar-refractivity contribution in [3.8, 4) is 5.75 Å². The summed E-state index contributed by atoms with van der Waals surface area (Å²) in [6.45, 7) is 7.39. The third-order valence-electron chi connectivity index (χ3n) is 3.29. The van der Waals surface area contributed by atoms with Crippen LogP contribution in [-0.4, -0.2) is 30.8 Å². The van der Waals surface area contributed by atoms with Gasteiger partial charge in [0.25, 0.3) is 5.91 Å². The molecule has 1 atom stereocenters. The van der Waals surface area contributed by atoms with Crippen LogP contribution >= 0.6 is 0 Å². The van der Waals surface area contributed by atoms with Crippen LogP contribution in [0.15, 0.2) is 29.4 Å². The van der Waals surface area contributed by atoms with Crippen molar-refractivity contribution in [3.05, 3.63) is 29.8 Å². The van der Waals surface area contributed by atoms with Crippen LogP contribution in [0.2, 0.25) is 0 Å². The third kappa shape index (κ3) is 6.10. The molecule has 1 unspecified atom stereocenters. The quantitative estimate of drug-likeness (QED) is 0.453. The van der Waals surface area contributed by atoms with Gasteiger partial charge in [0.1, 0.15) is 5.75 Å². The fraction of sp³-hybridized carbons (Fsp3) is 0.471. The number of nitrogens with one attached hydrogen (secondary N) is 1. The highest BCUT2D eigenvalue weighted by Crippen LogP contribution is 2.15. The van der Waals surface area contributed by atoms with Crippen molar-refractivity contribution in [2.75, 3.05) is 13.2 Å². The second kappa shape index (κ2) is 9.61. The maximum absolute atomic E-state index is 11.8. The first-order valence-electron chi connectivity index (χ1n) is 7.67. The summed E-state index contributed by atoms with van der Waals surface area (Å²) in [5, 5.41) is 3.97. The molecule has 6 heteroatoms. The van der Waals surface area contributed by atoms with Crippen LogP contribution in [0.3, 0.4) is 0 Å². The summed E-state index contributed by atoms with van der Waals surface area (Å²) < 4.78 is 10.4. The molecule has 1 rings (SSSR count). The van der Waals surface area contributed by atoms with Crippen LogP contribution in [0.4, 0.5) is 0 Å². The molecular formula is C17H24N2O4. The van der Waals surface area contributed by atoms with E-state index in [2.05, 4.69) is 10.5 Å². The molecule has 0 aliphatic carbocycles. The minimum atomic E-state index is -0.451. The van der Waals surface area contributed by atoms with E-state index >= 15 is 0 Å². The molecule has 23 heavy (non-hydrogen) atoms. The van der Waals surface area contributed by atoms with Crippen LogP contribution in [0, 0.1) is 12.8 Å². The van der Waals surface area contributed by atoms with Crippen LogP contribution < -0.4 is 10.2 Å². The minimum absolute atomic E-state index is 0.141. The summed E-state index contributed by atoms with van der Waals surface area (Å²) >= 11 is 0. The third-order valence-corrected chi connectivity index (χ3v) is 3.29. The molecule has 126 valence electrons. The zero-order valence-corrected chi connectivity index (χ0v) is 14.1. The summed E-state index contributed by atoms with van der Waals surface area (Å²) in [7, 11) is 0. The number of hydrogen-bond acceptors (Lipinski definition) is 5. The lowest BCUT2D eigenvalue weighted by Gasteiger charge is -2.13. The average Bonchev–Trinajstić information content (AvgIpc) is 2.53. The fourth-order valence-corrected chi connectivity index (χ4v) is 2.00. The SMILES string of the molecule is CCOC(=O)C(CC)/C(C)=N/NC(=O)COc1ccccc1C. The fourth-order valence-electron chi connectivity index (χ4n) is 2.00. The Labute approximate surface area is 136 Å². The first-order chi connectivity index (χ1) is 11.0. The highest BCUT2D eigenvalue weighted by molar-refractivity contribution is 6.01. The number of esters is 1. The van der Waals surface area contributed by atoms with Crippen molar-refractivity contribution in [2.24, 2.45) is 11.0 Å². The monoisotopic (exact) mass is 320 g/mol. The van der Waals surface area contributed by atoms with E-state index in [0.29, 0.717) is 24.5 Å². The molecule has 1 N–H and O–H groups in total. The highest BCUT2D eigenvalue weighted by atomic mass is 16.5. The van der Waals surface area contributed by atoms with Crippen LogP contribution in [0.1, 0.15) is 32.8 Å². The Bertz CT molecular complexity index is 569. The number of hydrogen-bond donors (Lipinski definition) is 1. The molecule has 0 saturated carbocycles. The molecule has 0 fully saturated rings. The second-order valence-electron chi connectivity index (χ2n) is 5.06. The van der Waals surface area contributed by atoms with E-state index in [1.165, 1.54) is 0 Å². The van der Waals surface area contributed by atoms with Gasteiger partial charge in [-0.2, -0.15) is 5.10 Å². The van der Waals surface area contributed by atoms with E-state index in [-0.39, 0.29) is 18.5 Å². The molecular weight excluding hydrogens is 296 g/mol. The Morgan fingerprint density at radius 3 is 2.57 bits per heavy atom. The van der Waals surface area contributed by atoms with Crippen LogP contribution in [0.5, 0.6) is 5.75 Å². The Hall–Kier alpha value is -2.37. The number of ether oxygens (including phenoxy) is 2. The standard InChI is InChI=1S/C17H24N2O4/c1-5-14(17(21)22-6-2)13(4)18-19-16(20)11-23-15-10-8-7-9-12(15)3/h7-10,14H,5-6,11H2,1-4H3,(H,19,20)/b18-13+. The van der Waals surface area contributed by atoms with E-state index < -0.39 is 5.92 Å². The van der Waals surface area contributed by atoms with E-state index in [1.54, 1.807) is 19.9 Å². The van der Waals surface area contributed by atoms with Gasteiger partial charge >= 0.3 is 5.97 Å². The van der Waals surface area contributed by atoms with Gasteiger partial charge in [0.2, 0.25) is 0 Å². The van der Waals surface area contributed by atoms with Gasteiger partial charge in [-0.1, -0.05) is 25.1 Å². The van der Waals surface area contributed by atoms with Gasteiger partial charge in [-0.25, -0.2) is 5.43 Å². The lowest BCUT2D eigenvalue weighted by Crippen LogP contribution is -2.29. The first kappa shape index (κ1) is 18.7. The predicted octanol–water partition coefficient (Wildman–Crippen LogP) is 2.46. The number of para-hydroxylation sites is 1. The molecule has 0 saturated heterocycles. The number of amides is 1. The number of hydrazone groups is 1. The Morgan fingerprint density at radius 1 is 1.26 bits per heavy atom. The molecule has 0 spiro atoms. The van der Waals surface area contributed by atoms with E-state index in [0.717, 1.165) is 5.56 Å². The number of carbonyl (C=O) groups excluding carboxylic acids is 2. The number of carbonyl (C=O) groups is 2. The number of nitrogens with zero attached hydrogens (tertiary/aromatic N) is 1. The molecule has 0 aromatic heterocycles. The van der Waals surface area contributed by atoms with Gasteiger partial charge in [-0.15, -0.1) is 0 Å². The summed E-state index contributed by atoms with van der Waals surface area (Å²) in [5.74, 6) is -0.512. The maximum Gasteiger partial charge on any atom is 0.314 e. The molecule has 1 aromatic rings. The Kier molecular flexibility index (Phi) is 7.80. The lowest BCUT2D eigenvalue weighted by molar-refractivity contribution is -0.145. The normalized spacial score (nSPS) is 12.4. The molecule has 1 amide bonds. The van der Waals surface area contributed by atoms with E-state index in [4.69, 9.17) is 9.47 Å². The van der Waals surface area contributed by atoms with Crippen LogP contribution in [-0.2, 0) is 14.3 Å². The summed E-state index contributed by atoms with van der Waals surface area (Å²) in [4.78, 5) is 23.5. The van der Waals surface area contributed by atoms with Crippen LogP contribution in [0.25, 0.3) is 0 Å². The van der Waals surface area contributed by atoms with Gasteiger partial charge in [0.15, 0.2) is 6.61 Å². The average molecular weight is 320 g/mol. The summed E-state index contributed by atoms with van der Waals surface area (Å²) in [6.07, 6.45) is 0.559. The van der Waals surface area contributed by atoms with Gasteiger partial charge in [0, 0.05) is 5.71 Å². The van der Waals surface area contributed by atoms with Gasteiger partial charge in [-0.05, 0) is 38.8 Å². The summed E-state index contributed by atoms with van der Waals surface area (Å²) in [6, 6.07) is 7.44. The Balaban J connectivity index is 2.53. The zero-order chi connectivity index (χ0) is 17.2. The number of benzene rings is 1. The van der Waals surface area contributed by atoms with Crippen molar-refractivity contribution >= 4 is 17.6 Å². The highest BCUT2D eigenvalue weighted by Gasteiger charge is 2.21. The molecule has 1 aromatic carbocycles. The second-order valence-corrected chi connectivity index (χ2v) is 5.06. The van der Waals surface area contributed by atoms with Crippen molar-refractivity contribution < 1.29 is 19.1 Å². The van der Waals surface area contributed by atoms with Gasteiger partial charge in [-0.3, -0.25) is 9.59 Å². The van der Waals surface area contributed by atoms with E-state index in [9.17, 15) is 9.59 Å². The van der Waals surface area contributed by atoms with Gasteiger partial charge < -0.3 is 9.47 Å². The first-order valence-corrected chi connectivity index (χ1v) is 7.67. The van der Waals surface area contributed by atoms with Crippen molar-refractivity contribution in [2.45, 2.75) is 34.1 Å². The molecule has 6 nitrogen and oxygen atoms in total. The molecule has 0 aliphatic rings. The van der Waals surface area contributed by atoms with Gasteiger partial charge in [0.05, 0.1) is 12.5 Å². The van der Waals surface area contributed by atoms with Crippen molar-refractivity contribution in [1.82, 2.24) is 5.43 Å².